The number of fused-ring (bicyclic) bond motifs is 2. The Labute approximate surface area is 305 Å². The molecule has 2 bridgehead atoms. The van der Waals surface area contributed by atoms with Gasteiger partial charge in [-0.3, -0.25) is 19.2 Å². The standard InChI is InChI=1S/C37H43BrN6O7/c1-5-7-17-28(46)41(4)23(3)31(24-13-9-8-10-14-24)50-36(49)29-30-34(47)43(19-20-45)33(37(30)21-25(38)32(29)51-37)35(48)42(18-6-2)22-44-27-16-12-11-15-26(27)39-40-44/h5-6,8-16,23,25,29-33,45H,1-2,7,17-22H2,3-4H3/t23-,25?,29+,30-,31+,32+,33+,37-/m0/s1. The number of hydrogen-bond donors (Lipinski definition) is 1. The van der Waals surface area contributed by atoms with E-state index < -0.39 is 66.1 Å². The molecule has 51 heavy (non-hydrogen) atoms. The number of aliphatic hydroxyl groups excluding tert-OH is 1. The number of benzene rings is 2. The average molecular weight is 764 g/mol. The Morgan fingerprint density at radius 3 is 2.59 bits per heavy atom. The van der Waals surface area contributed by atoms with Crippen molar-refractivity contribution >= 4 is 50.7 Å². The van der Waals surface area contributed by atoms with Crippen LogP contribution >= 0.6 is 15.9 Å². The number of alkyl halides is 1. The van der Waals surface area contributed by atoms with Crippen molar-refractivity contribution in [1.82, 2.24) is 29.7 Å². The number of ether oxygens (including phenoxy) is 2. The van der Waals surface area contributed by atoms with Gasteiger partial charge in [0.2, 0.25) is 17.7 Å². The second-order valence-corrected chi connectivity index (χ2v) is 14.5. The normalized spacial score (nSPS) is 26.1. The van der Waals surface area contributed by atoms with Crippen LogP contribution in [0.5, 0.6) is 0 Å². The molecular formula is C37H43BrN6O7. The summed E-state index contributed by atoms with van der Waals surface area (Å²) < 4.78 is 14.5. The Bertz CT molecular complexity index is 1800. The van der Waals surface area contributed by atoms with E-state index >= 15 is 0 Å². The first-order valence-electron chi connectivity index (χ1n) is 17.1. The zero-order chi connectivity index (χ0) is 36.4. The third-order valence-electron chi connectivity index (χ3n) is 10.4. The molecule has 3 aliphatic heterocycles. The summed E-state index contributed by atoms with van der Waals surface area (Å²) >= 11 is 3.70. The first-order valence-corrected chi connectivity index (χ1v) is 18.0. The number of amides is 3. The number of nitrogens with zero attached hydrogens (tertiary/aromatic N) is 6. The summed E-state index contributed by atoms with van der Waals surface area (Å²) in [5, 5.41) is 18.5. The van der Waals surface area contributed by atoms with Crippen molar-refractivity contribution in [2.45, 2.75) is 67.6 Å². The Kier molecular flexibility index (Phi) is 10.7. The number of β-amino-alcohol motifs (C(OH)–C–C–N with tert-alkyl or cyclic N) is 1. The minimum Gasteiger partial charge on any atom is -0.455 e. The fourth-order valence-corrected chi connectivity index (χ4v) is 8.82. The van der Waals surface area contributed by atoms with Crippen LogP contribution in [0.1, 0.15) is 37.9 Å². The van der Waals surface area contributed by atoms with E-state index in [9.17, 15) is 24.3 Å². The number of hydrogen-bond acceptors (Lipinski definition) is 9. The van der Waals surface area contributed by atoms with E-state index in [0.29, 0.717) is 17.5 Å². The van der Waals surface area contributed by atoms with Gasteiger partial charge in [0.1, 0.15) is 29.9 Å². The number of carbonyl (C=O) groups excluding carboxylic acids is 4. The summed E-state index contributed by atoms with van der Waals surface area (Å²) in [6.45, 7) is 8.98. The van der Waals surface area contributed by atoms with E-state index in [0.717, 1.165) is 5.52 Å². The average Bonchev–Trinajstić information content (AvgIpc) is 3.86. The van der Waals surface area contributed by atoms with Crippen LogP contribution in [0.4, 0.5) is 0 Å². The fraction of sp³-hybridized carbons (Fsp3) is 0.459. The van der Waals surface area contributed by atoms with Crippen molar-refractivity contribution in [3.05, 3.63) is 85.5 Å². The summed E-state index contributed by atoms with van der Waals surface area (Å²) in [5.41, 5.74) is 0.698. The molecule has 3 aliphatic rings. The molecule has 6 rings (SSSR count). The minimum atomic E-state index is -1.37. The number of aromatic nitrogens is 3. The zero-order valence-corrected chi connectivity index (χ0v) is 30.3. The van der Waals surface area contributed by atoms with Crippen LogP contribution in [-0.2, 0) is 35.3 Å². The van der Waals surface area contributed by atoms with Crippen LogP contribution < -0.4 is 0 Å². The largest absolute Gasteiger partial charge is 0.455 e. The highest BCUT2D eigenvalue weighted by molar-refractivity contribution is 9.09. The highest BCUT2D eigenvalue weighted by Gasteiger charge is 2.77. The lowest BCUT2D eigenvalue weighted by Gasteiger charge is -2.37. The molecule has 1 aromatic heterocycles. The molecule has 3 aromatic rings. The van der Waals surface area contributed by atoms with Gasteiger partial charge in [0.15, 0.2) is 0 Å². The molecule has 13 nitrogen and oxygen atoms in total. The van der Waals surface area contributed by atoms with Crippen molar-refractivity contribution in [2.24, 2.45) is 11.8 Å². The monoisotopic (exact) mass is 762 g/mol. The van der Waals surface area contributed by atoms with Crippen LogP contribution in [0.25, 0.3) is 11.0 Å². The van der Waals surface area contributed by atoms with Gasteiger partial charge in [0.25, 0.3) is 0 Å². The van der Waals surface area contributed by atoms with Gasteiger partial charge in [-0.2, -0.15) is 0 Å². The van der Waals surface area contributed by atoms with Gasteiger partial charge in [-0.1, -0.05) is 75.8 Å². The molecule has 14 heteroatoms. The number of allylic oxidation sites excluding steroid dienone is 1. The quantitative estimate of drug-likeness (QED) is 0.140. The molecule has 1 N–H and O–H groups in total. The number of likely N-dealkylation sites (N-methyl/N-ethyl adjacent to an activating group) is 1. The molecule has 3 saturated heterocycles. The van der Waals surface area contributed by atoms with Crippen molar-refractivity contribution < 1.29 is 33.8 Å². The lowest BCUT2D eigenvalue weighted by atomic mass is 9.70. The molecule has 270 valence electrons. The Balaban J connectivity index is 1.32. The lowest BCUT2D eigenvalue weighted by molar-refractivity contribution is -0.164. The molecule has 4 heterocycles. The highest BCUT2D eigenvalue weighted by Crippen LogP contribution is 2.60. The van der Waals surface area contributed by atoms with E-state index in [1.54, 1.807) is 28.8 Å². The van der Waals surface area contributed by atoms with Gasteiger partial charge < -0.3 is 29.3 Å². The number of esters is 1. The van der Waals surface area contributed by atoms with Crippen molar-refractivity contribution in [3.63, 3.8) is 0 Å². The second kappa shape index (κ2) is 15.1. The SMILES string of the molecule is C=CCCC(=O)N(C)[C@@H](C)[C@@H](OC(=O)[C@H]1[C@@H]2O[C@@]3(CC2Br)[C@@H]1C(=O)N(CCO)[C@@H]3C(=O)N(CC=C)Cn1nnc2ccccc21)c1ccccc1. The maximum Gasteiger partial charge on any atom is 0.313 e. The van der Waals surface area contributed by atoms with Crippen LogP contribution in [-0.4, -0.2) is 114 Å². The number of carbonyl (C=O) groups is 4. The number of para-hydroxylation sites is 1. The summed E-state index contributed by atoms with van der Waals surface area (Å²) in [4.78, 5) is 60.6. The predicted molar refractivity (Wildman–Crippen MR) is 191 cm³/mol. The maximum absolute atomic E-state index is 14.7. The topological polar surface area (TPSA) is 147 Å². The predicted octanol–water partition coefficient (Wildman–Crippen LogP) is 3.24. The molecule has 3 amide bonds. The Morgan fingerprint density at radius 2 is 1.88 bits per heavy atom. The Hall–Kier alpha value is -4.40. The molecule has 0 radical (unpaired) electrons. The molecule has 1 unspecified atom stereocenters. The molecule has 2 aromatic carbocycles. The molecule has 0 saturated carbocycles. The molecule has 0 aliphatic carbocycles. The van der Waals surface area contributed by atoms with E-state index in [2.05, 4.69) is 39.4 Å². The summed E-state index contributed by atoms with van der Waals surface area (Å²) in [6.07, 6.45) is 2.69. The molecule has 3 fully saturated rings. The van der Waals surface area contributed by atoms with E-state index in [1.165, 1.54) is 9.80 Å². The van der Waals surface area contributed by atoms with Gasteiger partial charge in [0.05, 0.1) is 36.1 Å². The van der Waals surface area contributed by atoms with Gasteiger partial charge in [-0.05, 0) is 37.5 Å². The fourth-order valence-electron chi connectivity index (χ4n) is 7.88. The first-order chi connectivity index (χ1) is 24.6. The number of rotatable bonds is 15. The van der Waals surface area contributed by atoms with Crippen molar-refractivity contribution in [2.75, 3.05) is 26.7 Å². The smallest absolute Gasteiger partial charge is 0.313 e. The summed E-state index contributed by atoms with van der Waals surface area (Å²) in [6, 6.07) is 14.8. The van der Waals surface area contributed by atoms with Crippen LogP contribution in [0.15, 0.2) is 79.9 Å². The zero-order valence-electron chi connectivity index (χ0n) is 28.7. The lowest BCUT2D eigenvalue weighted by Crippen LogP contribution is -2.57. The van der Waals surface area contributed by atoms with Gasteiger partial charge in [0, 0.05) is 31.4 Å². The Morgan fingerprint density at radius 1 is 1.16 bits per heavy atom. The molecular weight excluding hydrogens is 720 g/mol. The summed E-state index contributed by atoms with van der Waals surface area (Å²) in [7, 11) is 1.67. The van der Waals surface area contributed by atoms with Gasteiger partial charge >= 0.3 is 5.97 Å². The van der Waals surface area contributed by atoms with Crippen molar-refractivity contribution in [1.29, 1.82) is 0 Å². The van der Waals surface area contributed by atoms with Crippen LogP contribution in [0.3, 0.4) is 0 Å². The van der Waals surface area contributed by atoms with Crippen LogP contribution in [0.2, 0.25) is 0 Å². The maximum atomic E-state index is 14.7. The van der Waals surface area contributed by atoms with E-state index in [1.807, 2.05) is 61.5 Å². The molecule has 1 spiro atoms. The summed E-state index contributed by atoms with van der Waals surface area (Å²) in [5.74, 6) is -3.77. The first kappa shape index (κ1) is 36.4. The van der Waals surface area contributed by atoms with Crippen LogP contribution in [0, 0.1) is 11.8 Å². The van der Waals surface area contributed by atoms with E-state index in [-0.39, 0.29) is 43.3 Å². The van der Waals surface area contributed by atoms with E-state index in [4.69, 9.17) is 9.47 Å². The van der Waals surface area contributed by atoms with Gasteiger partial charge in [-0.25, -0.2) is 4.68 Å². The highest BCUT2D eigenvalue weighted by atomic mass is 79.9. The van der Waals surface area contributed by atoms with Gasteiger partial charge in [-0.15, -0.1) is 18.3 Å². The molecule has 8 atom stereocenters. The minimum absolute atomic E-state index is 0.0199. The van der Waals surface area contributed by atoms with Crippen molar-refractivity contribution in [3.8, 4) is 0 Å². The third kappa shape index (κ3) is 6.49. The second-order valence-electron chi connectivity index (χ2n) is 13.3. The third-order valence-corrected chi connectivity index (χ3v) is 11.2. The number of aliphatic hydroxyl groups is 1. The number of halogens is 1. The number of likely N-dealkylation sites (tertiary alicyclic amines) is 1.